The van der Waals surface area contributed by atoms with Gasteiger partial charge in [-0.3, -0.25) is 0 Å². The third kappa shape index (κ3) is 1.67. The van der Waals surface area contributed by atoms with Crippen LogP contribution in [-0.2, 0) is 0 Å². The Morgan fingerprint density at radius 1 is 1.38 bits per heavy atom. The third-order valence-corrected chi connectivity index (χ3v) is 2.31. The maximum absolute atomic E-state index is 9.80. The molecule has 5 nitrogen and oxygen atoms in total. The molecule has 0 radical (unpaired) electrons. The average molecular weight is 220 g/mol. The summed E-state index contributed by atoms with van der Waals surface area (Å²) in [4.78, 5) is 0. The van der Waals surface area contributed by atoms with Crippen molar-refractivity contribution >= 4 is 5.82 Å². The van der Waals surface area contributed by atoms with Gasteiger partial charge >= 0.3 is 0 Å². The van der Waals surface area contributed by atoms with Crippen LogP contribution in [0.25, 0.3) is 11.3 Å². The van der Waals surface area contributed by atoms with Gasteiger partial charge in [0.1, 0.15) is 11.5 Å². The van der Waals surface area contributed by atoms with E-state index in [4.69, 9.17) is 15.0 Å². The van der Waals surface area contributed by atoms with Crippen molar-refractivity contribution in [2.75, 3.05) is 12.8 Å². The molecule has 5 heteroatoms. The standard InChI is InChI=1S/C11H12N2O3/c1-6-3-7(8(14)4-9(6)15-2)10-5-11(12)13-16-10/h3-5,14H,1-2H3,(H2,12,13). The quantitative estimate of drug-likeness (QED) is 0.808. The van der Waals surface area contributed by atoms with Crippen LogP contribution in [0.1, 0.15) is 5.56 Å². The molecule has 1 aromatic carbocycles. The number of nitrogen functional groups attached to an aromatic ring is 1. The van der Waals surface area contributed by atoms with E-state index in [2.05, 4.69) is 5.16 Å². The van der Waals surface area contributed by atoms with Crippen molar-refractivity contribution in [1.82, 2.24) is 5.16 Å². The summed E-state index contributed by atoms with van der Waals surface area (Å²) in [5.74, 6) is 1.40. The summed E-state index contributed by atoms with van der Waals surface area (Å²) in [6.45, 7) is 1.88. The number of aromatic nitrogens is 1. The second-order valence-electron chi connectivity index (χ2n) is 3.46. The Morgan fingerprint density at radius 3 is 2.69 bits per heavy atom. The molecule has 16 heavy (non-hydrogen) atoms. The minimum atomic E-state index is 0.0681. The van der Waals surface area contributed by atoms with Gasteiger partial charge in [-0.05, 0) is 18.6 Å². The number of rotatable bonds is 2. The lowest BCUT2D eigenvalue weighted by molar-refractivity contribution is 0.403. The molecule has 0 saturated heterocycles. The molecule has 0 saturated carbocycles. The lowest BCUT2D eigenvalue weighted by Crippen LogP contribution is -1.88. The highest BCUT2D eigenvalue weighted by Gasteiger charge is 2.12. The predicted octanol–water partition coefficient (Wildman–Crippen LogP) is 1.95. The molecular weight excluding hydrogens is 208 g/mol. The highest BCUT2D eigenvalue weighted by atomic mass is 16.5. The van der Waals surface area contributed by atoms with E-state index in [0.29, 0.717) is 17.1 Å². The summed E-state index contributed by atoms with van der Waals surface area (Å²) in [6, 6.07) is 4.85. The van der Waals surface area contributed by atoms with Gasteiger partial charge in [-0.2, -0.15) is 0 Å². The molecule has 0 amide bonds. The number of anilines is 1. The lowest BCUT2D eigenvalue weighted by Gasteiger charge is -2.07. The molecule has 3 N–H and O–H groups in total. The topological polar surface area (TPSA) is 81.5 Å². The first-order chi connectivity index (χ1) is 7.61. The highest BCUT2D eigenvalue weighted by Crippen LogP contribution is 2.35. The largest absolute Gasteiger partial charge is 0.507 e. The smallest absolute Gasteiger partial charge is 0.172 e. The normalized spacial score (nSPS) is 10.4. The van der Waals surface area contributed by atoms with Crippen molar-refractivity contribution in [2.24, 2.45) is 0 Å². The first kappa shape index (κ1) is 10.4. The number of nitrogens with two attached hydrogens (primary N) is 1. The number of aromatic hydroxyl groups is 1. The third-order valence-electron chi connectivity index (χ3n) is 2.31. The number of aryl methyl sites for hydroxylation is 1. The zero-order valence-electron chi connectivity index (χ0n) is 9.02. The number of methoxy groups -OCH3 is 1. The monoisotopic (exact) mass is 220 g/mol. The number of ether oxygens (including phenoxy) is 1. The number of phenols is 1. The van der Waals surface area contributed by atoms with Crippen LogP contribution in [-0.4, -0.2) is 17.4 Å². The van der Waals surface area contributed by atoms with Crippen LogP contribution in [0.3, 0.4) is 0 Å². The van der Waals surface area contributed by atoms with Crippen molar-refractivity contribution in [3.05, 3.63) is 23.8 Å². The number of phenolic OH excluding ortho intramolecular Hbond substituents is 1. The van der Waals surface area contributed by atoms with E-state index < -0.39 is 0 Å². The molecule has 84 valence electrons. The van der Waals surface area contributed by atoms with Crippen molar-refractivity contribution in [3.63, 3.8) is 0 Å². The van der Waals surface area contributed by atoms with Gasteiger partial charge in [0.25, 0.3) is 0 Å². The maximum atomic E-state index is 9.80. The molecule has 0 aliphatic rings. The highest BCUT2D eigenvalue weighted by molar-refractivity contribution is 5.69. The summed E-state index contributed by atoms with van der Waals surface area (Å²) in [7, 11) is 1.55. The van der Waals surface area contributed by atoms with Gasteiger partial charge in [0.15, 0.2) is 11.6 Å². The number of benzene rings is 1. The molecule has 2 aromatic rings. The molecule has 0 bridgehead atoms. The van der Waals surface area contributed by atoms with Gasteiger partial charge in [0.2, 0.25) is 0 Å². The second-order valence-corrected chi connectivity index (χ2v) is 3.46. The van der Waals surface area contributed by atoms with E-state index in [1.807, 2.05) is 6.92 Å². The molecule has 0 aliphatic heterocycles. The van der Waals surface area contributed by atoms with E-state index in [1.54, 1.807) is 19.2 Å². The molecule has 0 fully saturated rings. The second kappa shape index (κ2) is 3.77. The summed E-state index contributed by atoms with van der Waals surface area (Å²) >= 11 is 0. The van der Waals surface area contributed by atoms with E-state index in [-0.39, 0.29) is 11.6 Å². The minimum Gasteiger partial charge on any atom is -0.507 e. The van der Waals surface area contributed by atoms with E-state index in [0.717, 1.165) is 5.56 Å². The fraction of sp³-hybridized carbons (Fsp3) is 0.182. The van der Waals surface area contributed by atoms with Crippen LogP contribution < -0.4 is 10.5 Å². The Balaban J connectivity index is 2.54. The Labute approximate surface area is 92.4 Å². The lowest BCUT2D eigenvalue weighted by atomic mass is 10.1. The molecular formula is C11H12N2O3. The Hall–Kier alpha value is -2.17. The Kier molecular flexibility index (Phi) is 2.44. The summed E-state index contributed by atoms with van der Waals surface area (Å²) < 4.78 is 10.1. The SMILES string of the molecule is COc1cc(O)c(-c2cc(N)no2)cc1C. The van der Waals surface area contributed by atoms with Crippen molar-refractivity contribution in [1.29, 1.82) is 0 Å². The van der Waals surface area contributed by atoms with E-state index in [9.17, 15) is 5.11 Å². The number of nitrogens with zero attached hydrogens (tertiary/aromatic N) is 1. The molecule has 2 rings (SSSR count). The van der Waals surface area contributed by atoms with Gasteiger partial charge < -0.3 is 20.1 Å². The summed E-state index contributed by atoms with van der Waals surface area (Å²) in [5, 5.41) is 13.4. The van der Waals surface area contributed by atoms with Gasteiger partial charge in [-0.25, -0.2) is 0 Å². The summed E-state index contributed by atoms with van der Waals surface area (Å²) in [6.07, 6.45) is 0. The van der Waals surface area contributed by atoms with Crippen LogP contribution in [0.2, 0.25) is 0 Å². The predicted molar refractivity (Wildman–Crippen MR) is 59.3 cm³/mol. The van der Waals surface area contributed by atoms with Crippen LogP contribution in [0.5, 0.6) is 11.5 Å². The summed E-state index contributed by atoms with van der Waals surface area (Å²) in [5.41, 5.74) is 6.89. The van der Waals surface area contributed by atoms with Crippen molar-refractivity contribution in [2.45, 2.75) is 6.92 Å². The fourth-order valence-electron chi connectivity index (χ4n) is 1.51. The minimum absolute atomic E-state index is 0.0681. The van der Waals surface area contributed by atoms with Crippen molar-refractivity contribution in [3.8, 4) is 22.8 Å². The Morgan fingerprint density at radius 2 is 2.12 bits per heavy atom. The van der Waals surface area contributed by atoms with Crippen LogP contribution in [0, 0.1) is 6.92 Å². The first-order valence-corrected chi connectivity index (χ1v) is 4.72. The van der Waals surface area contributed by atoms with Crippen LogP contribution >= 0.6 is 0 Å². The molecule has 0 spiro atoms. The zero-order valence-corrected chi connectivity index (χ0v) is 9.02. The van der Waals surface area contributed by atoms with Gasteiger partial charge in [-0.1, -0.05) is 5.16 Å². The van der Waals surface area contributed by atoms with Crippen LogP contribution in [0.15, 0.2) is 22.7 Å². The van der Waals surface area contributed by atoms with Gasteiger partial charge in [-0.15, -0.1) is 0 Å². The number of hydrogen-bond acceptors (Lipinski definition) is 5. The van der Waals surface area contributed by atoms with Gasteiger partial charge in [0, 0.05) is 12.1 Å². The number of hydrogen-bond donors (Lipinski definition) is 2. The van der Waals surface area contributed by atoms with Gasteiger partial charge in [0.05, 0.1) is 12.7 Å². The van der Waals surface area contributed by atoms with E-state index in [1.165, 1.54) is 6.07 Å². The Bertz CT molecular complexity index is 520. The zero-order chi connectivity index (χ0) is 11.7. The van der Waals surface area contributed by atoms with Crippen molar-refractivity contribution < 1.29 is 14.4 Å². The molecule has 0 aliphatic carbocycles. The van der Waals surface area contributed by atoms with Crippen LogP contribution in [0.4, 0.5) is 5.82 Å². The molecule has 0 atom stereocenters. The maximum Gasteiger partial charge on any atom is 0.172 e. The fourth-order valence-corrected chi connectivity index (χ4v) is 1.51. The first-order valence-electron chi connectivity index (χ1n) is 4.72. The van der Waals surface area contributed by atoms with E-state index >= 15 is 0 Å². The molecule has 0 unspecified atom stereocenters. The average Bonchev–Trinajstić information content (AvgIpc) is 2.67. The molecule has 1 heterocycles. The molecule has 1 aromatic heterocycles.